The number of halogens is 1. The van der Waals surface area contributed by atoms with Gasteiger partial charge in [0.05, 0.1) is 0 Å². The minimum Gasteiger partial charge on any atom is -0.480 e. The summed E-state index contributed by atoms with van der Waals surface area (Å²) in [7, 11) is 0. The van der Waals surface area contributed by atoms with Crippen LogP contribution in [0, 0.1) is 5.82 Å². The number of hydrogen-bond acceptors (Lipinski definition) is 3. The fourth-order valence-electron chi connectivity index (χ4n) is 2.20. The van der Waals surface area contributed by atoms with E-state index in [1.165, 1.54) is 25.1 Å². The van der Waals surface area contributed by atoms with E-state index in [0.29, 0.717) is 10.5 Å². The first-order valence-electron chi connectivity index (χ1n) is 5.92. The van der Waals surface area contributed by atoms with Crippen molar-refractivity contribution in [3.05, 3.63) is 35.6 Å². The Labute approximate surface area is 114 Å². The fraction of sp³-hybridized carbons (Fsp3) is 0.308. The summed E-state index contributed by atoms with van der Waals surface area (Å²) in [4.78, 5) is 35.1. The molecule has 1 aliphatic heterocycles. The van der Waals surface area contributed by atoms with Gasteiger partial charge in [0.1, 0.15) is 17.9 Å². The molecule has 1 unspecified atom stereocenters. The van der Waals surface area contributed by atoms with Crippen molar-refractivity contribution in [2.75, 3.05) is 6.54 Å². The van der Waals surface area contributed by atoms with Crippen molar-refractivity contribution in [3.8, 4) is 0 Å². The summed E-state index contributed by atoms with van der Waals surface area (Å²) in [6, 6.07) is 4.93. The van der Waals surface area contributed by atoms with Gasteiger partial charge < -0.3 is 10.4 Å². The van der Waals surface area contributed by atoms with Crippen LogP contribution in [0.4, 0.5) is 9.18 Å². The van der Waals surface area contributed by atoms with Crippen LogP contribution in [0.1, 0.15) is 12.5 Å². The summed E-state index contributed by atoms with van der Waals surface area (Å²) in [5, 5.41) is 11.1. The molecule has 0 bridgehead atoms. The number of imide groups is 1. The van der Waals surface area contributed by atoms with E-state index in [2.05, 4.69) is 5.32 Å². The molecule has 2 N–H and O–H groups in total. The van der Waals surface area contributed by atoms with Crippen molar-refractivity contribution in [1.29, 1.82) is 0 Å². The first kappa shape index (κ1) is 14.0. The van der Waals surface area contributed by atoms with Crippen LogP contribution in [0.2, 0.25) is 0 Å². The molecule has 0 radical (unpaired) electrons. The highest BCUT2D eigenvalue weighted by Gasteiger charge is 2.48. The highest BCUT2D eigenvalue weighted by molar-refractivity contribution is 6.08. The molecule has 106 valence electrons. The van der Waals surface area contributed by atoms with E-state index in [1.807, 2.05) is 0 Å². The van der Waals surface area contributed by atoms with Gasteiger partial charge in [0.25, 0.3) is 5.91 Å². The Morgan fingerprint density at radius 2 is 2.15 bits per heavy atom. The third-order valence-corrected chi connectivity index (χ3v) is 3.09. The summed E-state index contributed by atoms with van der Waals surface area (Å²) >= 11 is 0. The Morgan fingerprint density at radius 1 is 1.45 bits per heavy atom. The summed E-state index contributed by atoms with van der Waals surface area (Å²) in [5.74, 6) is -2.34. The number of carboxylic acids is 1. The lowest BCUT2D eigenvalue weighted by atomic mass is 9.93. The Bertz CT molecular complexity index is 589. The van der Waals surface area contributed by atoms with Crippen LogP contribution in [0.25, 0.3) is 0 Å². The number of benzene rings is 1. The number of rotatable bonds is 4. The van der Waals surface area contributed by atoms with Crippen LogP contribution in [-0.2, 0) is 16.0 Å². The molecular weight excluding hydrogens is 267 g/mol. The highest BCUT2D eigenvalue weighted by Crippen LogP contribution is 2.22. The summed E-state index contributed by atoms with van der Waals surface area (Å²) in [6.45, 7) is 0.795. The van der Waals surface area contributed by atoms with Crippen molar-refractivity contribution in [2.45, 2.75) is 18.9 Å². The summed E-state index contributed by atoms with van der Waals surface area (Å²) in [6.07, 6.45) is 0.0887. The fourth-order valence-corrected chi connectivity index (χ4v) is 2.20. The van der Waals surface area contributed by atoms with Gasteiger partial charge in [-0.05, 0) is 24.6 Å². The molecule has 0 aromatic heterocycles. The summed E-state index contributed by atoms with van der Waals surface area (Å²) in [5.41, 5.74) is -0.723. The molecule has 1 atom stereocenters. The minimum absolute atomic E-state index is 0.0887. The van der Waals surface area contributed by atoms with E-state index in [1.54, 1.807) is 6.07 Å². The number of nitrogens with one attached hydrogen (secondary N) is 1. The van der Waals surface area contributed by atoms with E-state index in [0.717, 1.165) is 0 Å². The van der Waals surface area contributed by atoms with Crippen LogP contribution in [-0.4, -0.2) is 40.0 Å². The average molecular weight is 280 g/mol. The van der Waals surface area contributed by atoms with E-state index in [9.17, 15) is 18.8 Å². The molecule has 1 heterocycles. The minimum atomic E-state index is -1.27. The van der Waals surface area contributed by atoms with Gasteiger partial charge in [-0.2, -0.15) is 0 Å². The van der Waals surface area contributed by atoms with E-state index < -0.39 is 35.8 Å². The number of amides is 3. The molecule has 1 aromatic carbocycles. The van der Waals surface area contributed by atoms with Crippen LogP contribution in [0.15, 0.2) is 24.3 Å². The predicted octanol–water partition coefficient (Wildman–Crippen LogP) is 0.763. The van der Waals surface area contributed by atoms with Crippen molar-refractivity contribution in [2.24, 2.45) is 0 Å². The number of carbonyl (C=O) groups is 3. The third kappa shape index (κ3) is 2.61. The average Bonchev–Trinajstić information content (AvgIpc) is 2.52. The Hall–Kier alpha value is -2.44. The predicted molar refractivity (Wildman–Crippen MR) is 66.4 cm³/mol. The smallest absolute Gasteiger partial charge is 0.325 e. The lowest BCUT2D eigenvalue weighted by Crippen LogP contribution is -2.46. The van der Waals surface area contributed by atoms with Gasteiger partial charge in [-0.3, -0.25) is 14.5 Å². The molecule has 20 heavy (non-hydrogen) atoms. The molecule has 1 fully saturated rings. The van der Waals surface area contributed by atoms with Crippen LogP contribution < -0.4 is 5.32 Å². The normalized spacial score (nSPS) is 22.0. The second-order valence-corrected chi connectivity index (χ2v) is 4.85. The number of carboxylic acid groups (broad SMARTS) is 1. The maximum absolute atomic E-state index is 13.1. The zero-order chi connectivity index (χ0) is 14.9. The van der Waals surface area contributed by atoms with Gasteiger partial charge in [0.15, 0.2) is 0 Å². The SMILES string of the molecule is CC1(Cc2cccc(F)c2)NC(=O)N(CC(=O)O)C1=O. The van der Waals surface area contributed by atoms with E-state index in [4.69, 9.17) is 5.11 Å². The number of carbonyl (C=O) groups excluding carboxylic acids is 2. The van der Waals surface area contributed by atoms with Crippen molar-refractivity contribution in [3.63, 3.8) is 0 Å². The van der Waals surface area contributed by atoms with Gasteiger partial charge in [0, 0.05) is 6.42 Å². The number of urea groups is 1. The largest absolute Gasteiger partial charge is 0.480 e. The molecule has 1 saturated heterocycles. The molecule has 0 spiro atoms. The molecule has 2 rings (SSSR count). The zero-order valence-corrected chi connectivity index (χ0v) is 10.7. The topological polar surface area (TPSA) is 86.7 Å². The van der Waals surface area contributed by atoms with Crippen LogP contribution in [0.3, 0.4) is 0 Å². The lowest BCUT2D eigenvalue weighted by Gasteiger charge is -2.21. The van der Waals surface area contributed by atoms with Crippen LogP contribution in [0.5, 0.6) is 0 Å². The first-order chi connectivity index (χ1) is 9.32. The second kappa shape index (κ2) is 4.92. The van der Waals surface area contributed by atoms with Gasteiger partial charge in [-0.1, -0.05) is 12.1 Å². The number of aliphatic carboxylic acids is 1. The Balaban J connectivity index is 2.21. The Morgan fingerprint density at radius 3 is 2.75 bits per heavy atom. The Kier molecular flexibility index (Phi) is 3.44. The molecule has 1 aromatic rings. The molecule has 1 aliphatic rings. The van der Waals surface area contributed by atoms with Crippen LogP contribution >= 0.6 is 0 Å². The monoisotopic (exact) mass is 280 g/mol. The quantitative estimate of drug-likeness (QED) is 0.797. The first-order valence-corrected chi connectivity index (χ1v) is 5.92. The number of nitrogens with zero attached hydrogens (tertiary/aromatic N) is 1. The van der Waals surface area contributed by atoms with Gasteiger partial charge >= 0.3 is 12.0 Å². The lowest BCUT2D eigenvalue weighted by molar-refractivity contribution is -0.142. The van der Waals surface area contributed by atoms with Gasteiger partial charge in [-0.25, -0.2) is 9.18 Å². The van der Waals surface area contributed by atoms with Crippen molar-refractivity contribution < 1.29 is 23.9 Å². The standard InChI is InChI=1S/C13H13FN2O4/c1-13(6-8-3-2-4-9(14)5-8)11(19)16(7-10(17)18)12(20)15-13/h2-5H,6-7H2,1H3,(H,15,20)(H,17,18). The number of hydrogen-bond donors (Lipinski definition) is 2. The third-order valence-electron chi connectivity index (χ3n) is 3.09. The highest BCUT2D eigenvalue weighted by atomic mass is 19.1. The summed E-state index contributed by atoms with van der Waals surface area (Å²) < 4.78 is 13.1. The zero-order valence-electron chi connectivity index (χ0n) is 10.7. The molecule has 0 aliphatic carbocycles. The second-order valence-electron chi connectivity index (χ2n) is 4.85. The molecule has 6 nitrogen and oxygen atoms in total. The molecular formula is C13H13FN2O4. The van der Waals surface area contributed by atoms with E-state index in [-0.39, 0.29) is 6.42 Å². The molecule has 0 saturated carbocycles. The van der Waals surface area contributed by atoms with Gasteiger partial charge in [0.2, 0.25) is 0 Å². The van der Waals surface area contributed by atoms with Crippen molar-refractivity contribution in [1.82, 2.24) is 10.2 Å². The molecule has 7 heteroatoms. The molecule has 3 amide bonds. The maximum Gasteiger partial charge on any atom is 0.325 e. The van der Waals surface area contributed by atoms with Gasteiger partial charge in [-0.15, -0.1) is 0 Å². The maximum atomic E-state index is 13.1. The van der Waals surface area contributed by atoms with Crippen molar-refractivity contribution >= 4 is 17.9 Å². The van der Waals surface area contributed by atoms with E-state index >= 15 is 0 Å².